The highest BCUT2D eigenvalue weighted by molar-refractivity contribution is 6.30. The smallest absolute Gasteiger partial charge is 0.254 e. The number of nitrogens with zero attached hydrogens (tertiary/aromatic N) is 3. The fourth-order valence-electron chi connectivity index (χ4n) is 3.28. The number of hydrogen-bond acceptors (Lipinski definition) is 2. The summed E-state index contributed by atoms with van der Waals surface area (Å²) in [5, 5.41) is 0.511. The van der Waals surface area contributed by atoms with E-state index in [9.17, 15) is 9.59 Å². The fourth-order valence-corrected chi connectivity index (χ4v) is 3.47. The minimum atomic E-state index is -0.169. The van der Waals surface area contributed by atoms with E-state index in [1.807, 2.05) is 48.7 Å². The van der Waals surface area contributed by atoms with Crippen LogP contribution in [-0.2, 0) is 18.4 Å². The Kier molecular flexibility index (Phi) is 8.32. The number of carbonyl (C=O) groups is 2. The highest BCUT2D eigenvalue weighted by atomic mass is 35.5. The molecule has 0 atom stereocenters. The molecule has 0 saturated carbocycles. The number of benzene rings is 1. The first-order valence-corrected chi connectivity index (χ1v) is 10.5. The molecule has 2 amide bonds. The van der Waals surface area contributed by atoms with Crippen LogP contribution in [0.5, 0.6) is 0 Å². The lowest BCUT2D eigenvalue weighted by Gasteiger charge is -2.30. The lowest BCUT2D eigenvalue weighted by molar-refractivity contribution is -0.133. The van der Waals surface area contributed by atoms with Gasteiger partial charge in [-0.15, -0.1) is 0 Å². The molecule has 0 aliphatic carbocycles. The van der Waals surface area contributed by atoms with Gasteiger partial charge in [-0.2, -0.15) is 0 Å². The van der Waals surface area contributed by atoms with E-state index in [4.69, 9.17) is 11.6 Å². The number of hydrogen-bond donors (Lipinski definition) is 0. The van der Waals surface area contributed by atoms with Crippen molar-refractivity contribution in [1.29, 1.82) is 0 Å². The van der Waals surface area contributed by atoms with Crippen molar-refractivity contribution in [3.05, 3.63) is 58.9 Å². The summed E-state index contributed by atoms with van der Waals surface area (Å²) >= 11 is 6.06. The largest absolute Gasteiger partial charge is 0.353 e. The quantitative estimate of drug-likeness (QED) is 0.604. The van der Waals surface area contributed by atoms with Crippen LogP contribution in [0.4, 0.5) is 0 Å². The third kappa shape index (κ3) is 6.93. The van der Waals surface area contributed by atoms with E-state index in [0.717, 1.165) is 5.69 Å². The molecule has 0 fully saturated rings. The third-order valence-corrected chi connectivity index (χ3v) is 4.85. The van der Waals surface area contributed by atoms with Crippen LogP contribution in [0.25, 0.3) is 0 Å². The Labute approximate surface area is 179 Å². The molecule has 0 N–H and O–H groups in total. The number of aromatic nitrogens is 1. The van der Waals surface area contributed by atoms with E-state index in [1.165, 1.54) is 0 Å². The van der Waals surface area contributed by atoms with E-state index in [-0.39, 0.29) is 24.3 Å². The average Bonchev–Trinajstić information content (AvgIpc) is 3.04. The van der Waals surface area contributed by atoms with Gasteiger partial charge in [-0.3, -0.25) is 9.59 Å². The number of carbonyl (C=O) groups excluding carboxylic acids is 2. The van der Waals surface area contributed by atoms with E-state index in [2.05, 4.69) is 13.8 Å². The Balaban J connectivity index is 2.20. The Bertz CT molecular complexity index is 829. The highest BCUT2D eigenvalue weighted by Crippen LogP contribution is 2.15. The molecule has 1 aromatic carbocycles. The molecule has 6 heteroatoms. The zero-order valence-electron chi connectivity index (χ0n) is 18.1. The molecule has 0 radical (unpaired) electrons. The summed E-state index contributed by atoms with van der Waals surface area (Å²) in [6.45, 7) is 10.0. The van der Waals surface area contributed by atoms with E-state index < -0.39 is 0 Å². The van der Waals surface area contributed by atoms with Crippen LogP contribution < -0.4 is 0 Å². The van der Waals surface area contributed by atoms with Gasteiger partial charge in [-0.05, 0) is 42.2 Å². The van der Waals surface area contributed by atoms with Crippen molar-refractivity contribution in [2.24, 2.45) is 18.9 Å². The molecule has 5 nitrogen and oxygen atoms in total. The van der Waals surface area contributed by atoms with Gasteiger partial charge in [0.2, 0.25) is 5.91 Å². The molecule has 0 bridgehead atoms. The number of halogens is 1. The highest BCUT2D eigenvalue weighted by Gasteiger charge is 2.24. The van der Waals surface area contributed by atoms with E-state index >= 15 is 0 Å². The molecular formula is C23H32ClN3O2. The predicted molar refractivity (Wildman–Crippen MR) is 118 cm³/mol. The molecule has 0 aliphatic rings. The molecule has 0 saturated heterocycles. The molecule has 1 aromatic heterocycles. The third-order valence-electron chi connectivity index (χ3n) is 4.61. The molecule has 0 spiro atoms. The summed E-state index contributed by atoms with van der Waals surface area (Å²) in [5.41, 5.74) is 1.57. The van der Waals surface area contributed by atoms with Crippen molar-refractivity contribution in [3.63, 3.8) is 0 Å². The van der Waals surface area contributed by atoms with Crippen LogP contribution in [0, 0.1) is 11.8 Å². The van der Waals surface area contributed by atoms with Crippen molar-refractivity contribution in [1.82, 2.24) is 14.4 Å². The summed E-state index contributed by atoms with van der Waals surface area (Å²) in [6.07, 6.45) is 1.97. The predicted octanol–water partition coefficient (Wildman–Crippen LogP) is 4.46. The maximum absolute atomic E-state index is 13.2. The molecule has 2 rings (SSSR count). The molecule has 1 heterocycles. The van der Waals surface area contributed by atoms with Crippen LogP contribution in [0.2, 0.25) is 5.02 Å². The van der Waals surface area contributed by atoms with Gasteiger partial charge in [-0.25, -0.2) is 0 Å². The molecular weight excluding hydrogens is 386 g/mol. The van der Waals surface area contributed by atoms with Gasteiger partial charge in [0.05, 0.1) is 6.54 Å². The van der Waals surface area contributed by atoms with Crippen LogP contribution in [0.1, 0.15) is 43.7 Å². The first-order chi connectivity index (χ1) is 13.7. The molecule has 2 aromatic rings. The van der Waals surface area contributed by atoms with Crippen LogP contribution in [-0.4, -0.2) is 45.8 Å². The lowest BCUT2D eigenvalue weighted by atomic mass is 10.1. The van der Waals surface area contributed by atoms with Crippen LogP contribution in [0.15, 0.2) is 42.6 Å². The minimum absolute atomic E-state index is 0.0454. The second kappa shape index (κ2) is 10.5. The standard InChI is InChI=1S/C23H32ClN3O2/c1-17(2)13-26(15-21-10-7-11-25(21)5)22(28)16-27(14-18(3)4)23(29)19-8-6-9-20(24)12-19/h6-12,17-18H,13-16H2,1-5H3. The zero-order chi connectivity index (χ0) is 21.6. The summed E-state index contributed by atoms with van der Waals surface area (Å²) < 4.78 is 2.02. The number of rotatable bonds is 9. The molecule has 0 aliphatic heterocycles. The Morgan fingerprint density at radius 3 is 2.21 bits per heavy atom. The van der Waals surface area contributed by atoms with Crippen LogP contribution >= 0.6 is 11.6 Å². The van der Waals surface area contributed by atoms with Crippen molar-refractivity contribution in [2.75, 3.05) is 19.6 Å². The lowest BCUT2D eigenvalue weighted by Crippen LogP contribution is -2.45. The fraction of sp³-hybridized carbons (Fsp3) is 0.478. The van der Waals surface area contributed by atoms with Crippen molar-refractivity contribution < 1.29 is 9.59 Å². The number of aryl methyl sites for hydroxylation is 1. The summed E-state index contributed by atoms with van der Waals surface area (Å²) in [5.74, 6) is 0.368. The van der Waals surface area contributed by atoms with Gasteiger partial charge < -0.3 is 14.4 Å². The normalized spacial score (nSPS) is 11.2. The average molecular weight is 418 g/mol. The van der Waals surface area contributed by atoms with E-state index in [0.29, 0.717) is 36.1 Å². The van der Waals surface area contributed by atoms with Crippen molar-refractivity contribution in [3.8, 4) is 0 Å². The summed E-state index contributed by atoms with van der Waals surface area (Å²) in [7, 11) is 1.97. The van der Waals surface area contributed by atoms with Gasteiger partial charge in [0.15, 0.2) is 0 Å². The van der Waals surface area contributed by atoms with Gasteiger partial charge in [0, 0.05) is 42.6 Å². The van der Waals surface area contributed by atoms with Gasteiger partial charge in [0.1, 0.15) is 6.54 Å². The van der Waals surface area contributed by atoms with E-state index in [1.54, 1.807) is 29.2 Å². The maximum atomic E-state index is 13.2. The maximum Gasteiger partial charge on any atom is 0.254 e. The first kappa shape index (κ1) is 23.0. The topological polar surface area (TPSA) is 45.6 Å². The summed E-state index contributed by atoms with van der Waals surface area (Å²) in [6, 6.07) is 10.9. The molecule has 0 unspecified atom stereocenters. The minimum Gasteiger partial charge on any atom is -0.353 e. The van der Waals surface area contributed by atoms with Gasteiger partial charge >= 0.3 is 0 Å². The molecule has 158 valence electrons. The monoisotopic (exact) mass is 417 g/mol. The second-order valence-corrected chi connectivity index (χ2v) is 8.80. The van der Waals surface area contributed by atoms with Gasteiger partial charge in [-0.1, -0.05) is 45.4 Å². The SMILES string of the molecule is CC(C)CN(Cc1cccn1C)C(=O)CN(CC(C)C)C(=O)c1cccc(Cl)c1. The van der Waals surface area contributed by atoms with Crippen molar-refractivity contribution in [2.45, 2.75) is 34.2 Å². The Hall–Kier alpha value is -2.27. The Morgan fingerprint density at radius 1 is 1.00 bits per heavy atom. The first-order valence-electron chi connectivity index (χ1n) is 10.1. The zero-order valence-corrected chi connectivity index (χ0v) is 18.8. The van der Waals surface area contributed by atoms with Gasteiger partial charge in [0.25, 0.3) is 5.91 Å². The Morgan fingerprint density at radius 2 is 1.66 bits per heavy atom. The van der Waals surface area contributed by atoms with Crippen molar-refractivity contribution >= 4 is 23.4 Å². The summed E-state index contributed by atoms with van der Waals surface area (Å²) in [4.78, 5) is 29.8. The molecule has 29 heavy (non-hydrogen) atoms. The second-order valence-electron chi connectivity index (χ2n) is 8.37. The van der Waals surface area contributed by atoms with Crippen LogP contribution in [0.3, 0.4) is 0 Å². The number of amides is 2.